The Bertz CT molecular complexity index is 872. The number of likely N-dealkylation sites (tertiary alicyclic amines) is 1. The summed E-state index contributed by atoms with van der Waals surface area (Å²) in [6, 6.07) is 3.95. The second-order valence-corrected chi connectivity index (χ2v) is 8.54. The van der Waals surface area contributed by atoms with Crippen LogP contribution in [0.5, 0.6) is 0 Å². The van der Waals surface area contributed by atoms with E-state index >= 15 is 0 Å². The third kappa shape index (κ3) is 3.29. The van der Waals surface area contributed by atoms with Crippen LogP contribution in [-0.4, -0.2) is 35.3 Å². The summed E-state index contributed by atoms with van der Waals surface area (Å²) in [7, 11) is 1.60. The number of fused-ring (bicyclic) bond motifs is 1. The van der Waals surface area contributed by atoms with Crippen LogP contribution >= 0.6 is 11.3 Å². The SMILES string of the molecule is CNC(=O)c1sc2nc(C3CCCCN3C(=O)C3CCCC3)ccc2c1N. The summed E-state index contributed by atoms with van der Waals surface area (Å²) < 4.78 is 0. The fraction of sp³-hybridized carbons (Fsp3) is 0.550. The fourth-order valence-corrected chi connectivity index (χ4v) is 5.44. The van der Waals surface area contributed by atoms with E-state index in [0.717, 1.165) is 67.4 Å². The summed E-state index contributed by atoms with van der Waals surface area (Å²) in [6.45, 7) is 0.815. The van der Waals surface area contributed by atoms with Crippen LogP contribution in [0.4, 0.5) is 5.69 Å². The van der Waals surface area contributed by atoms with Crippen LogP contribution in [0, 0.1) is 5.92 Å². The highest BCUT2D eigenvalue weighted by molar-refractivity contribution is 7.21. The summed E-state index contributed by atoms with van der Waals surface area (Å²) >= 11 is 1.32. The molecule has 3 N–H and O–H groups in total. The molecule has 2 aromatic heterocycles. The van der Waals surface area contributed by atoms with Crippen molar-refractivity contribution >= 4 is 39.1 Å². The van der Waals surface area contributed by atoms with Crippen molar-refractivity contribution in [2.45, 2.75) is 51.0 Å². The molecule has 2 aromatic rings. The summed E-state index contributed by atoms with van der Waals surface area (Å²) in [6.07, 6.45) is 7.47. The number of thiophene rings is 1. The minimum absolute atomic E-state index is 0.0306. The normalized spacial score (nSPS) is 20.9. The summed E-state index contributed by atoms with van der Waals surface area (Å²) in [5, 5.41) is 3.44. The molecule has 0 radical (unpaired) electrons. The predicted octanol–water partition coefficient (Wildman–Crippen LogP) is 3.48. The van der Waals surface area contributed by atoms with Gasteiger partial charge in [-0.15, -0.1) is 11.3 Å². The van der Waals surface area contributed by atoms with Gasteiger partial charge < -0.3 is 16.0 Å². The van der Waals surface area contributed by atoms with Crippen molar-refractivity contribution in [2.75, 3.05) is 19.3 Å². The number of rotatable bonds is 3. The average Bonchev–Trinajstić information content (AvgIpc) is 3.35. The Morgan fingerprint density at radius 1 is 1.19 bits per heavy atom. The quantitative estimate of drug-likeness (QED) is 0.845. The lowest BCUT2D eigenvalue weighted by atomic mass is 9.95. The van der Waals surface area contributed by atoms with Gasteiger partial charge in [-0.2, -0.15) is 0 Å². The van der Waals surface area contributed by atoms with Crippen molar-refractivity contribution in [1.29, 1.82) is 0 Å². The molecule has 27 heavy (non-hydrogen) atoms. The van der Waals surface area contributed by atoms with Crippen molar-refractivity contribution in [3.63, 3.8) is 0 Å². The number of carbonyl (C=O) groups is 2. The van der Waals surface area contributed by atoms with E-state index in [2.05, 4.69) is 10.2 Å². The smallest absolute Gasteiger partial charge is 0.263 e. The summed E-state index contributed by atoms with van der Waals surface area (Å²) in [5.74, 6) is 0.301. The second kappa shape index (κ2) is 7.46. The second-order valence-electron chi connectivity index (χ2n) is 7.54. The van der Waals surface area contributed by atoms with Gasteiger partial charge in [-0.25, -0.2) is 4.98 Å². The Balaban J connectivity index is 1.66. The van der Waals surface area contributed by atoms with Crippen LogP contribution in [0.2, 0.25) is 0 Å². The van der Waals surface area contributed by atoms with Gasteiger partial charge in [-0.3, -0.25) is 9.59 Å². The monoisotopic (exact) mass is 386 g/mol. The zero-order valence-electron chi connectivity index (χ0n) is 15.7. The molecule has 1 unspecified atom stereocenters. The highest BCUT2D eigenvalue weighted by Crippen LogP contribution is 2.38. The van der Waals surface area contributed by atoms with E-state index in [4.69, 9.17) is 10.7 Å². The van der Waals surface area contributed by atoms with E-state index < -0.39 is 0 Å². The minimum Gasteiger partial charge on any atom is -0.397 e. The van der Waals surface area contributed by atoms with Crippen LogP contribution in [-0.2, 0) is 4.79 Å². The van der Waals surface area contributed by atoms with Gasteiger partial charge in [-0.1, -0.05) is 12.8 Å². The van der Waals surface area contributed by atoms with Crippen LogP contribution < -0.4 is 11.1 Å². The number of aromatic nitrogens is 1. The number of nitrogen functional groups attached to an aromatic ring is 1. The Morgan fingerprint density at radius 2 is 1.93 bits per heavy atom. The third-order valence-corrected chi connectivity index (χ3v) is 6.99. The molecule has 6 nitrogen and oxygen atoms in total. The number of nitrogens with one attached hydrogen (secondary N) is 1. The first-order chi connectivity index (χ1) is 13.1. The Kier molecular flexibility index (Phi) is 5.04. The number of hydrogen-bond donors (Lipinski definition) is 2. The highest BCUT2D eigenvalue weighted by atomic mass is 32.1. The van der Waals surface area contributed by atoms with Crippen molar-refractivity contribution in [2.24, 2.45) is 5.92 Å². The molecule has 2 fully saturated rings. The van der Waals surface area contributed by atoms with Crippen LogP contribution in [0.25, 0.3) is 10.2 Å². The van der Waals surface area contributed by atoms with E-state index in [0.29, 0.717) is 16.5 Å². The zero-order valence-corrected chi connectivity index (χ0v) is 16.5. The summed E-state index contributed by atoms with van der Waals surface area (Å²) in [4.78, 5) is 33.2. The third-order valence-electron chi connectivity index (χ3n) is 5.88. The molecule has 1 aliphatic carbocycles. The number of nitrogens with zero attached hydrogens (tertiary/aromatic N) is 2. The van der Waals surface area contributed by atoms with E-state index in [-0.39, 0.29) is 17.9 Å². The van der Waals surface area contributed by atoms with E-state index in [1.165, 1.54) is 11.3 Å². The number of carbonyl (C=O) groups excluding carboxylic acids is 2. The molecular formula is C20H26N4O2S. The maximum atomic E-state index is 13.1. The first-order valence-electron chi connectivity index (χ1n) is 9.81. The standard InChI is InChI=1S/C20H26N4O2S/c1-22-18(25)17-16(21)13-9-10-14(23-19(13)27-17)15-8-4-5-11-24(15)20(26)12-6-2-3-7-12/h9-10,12,15H,2-8,11,21H2,1H3,(H,22,25). The molecule has 0 aromatic carbocycles. The number of anilines is 1. The van der Waals surface area contributed by atoms with Crippen molar-refractivity contribution < 1.29 is 9.59 Å². The largest absolute Gasteiger partial charge is 0.397 e. The predicted molar refractivity (Wildman–Crippen MR) is 108 cm³/mol. The molecule has 2 aliphatic rings. The van der Waals surface area contributed by atoms with Gasteiger partial charge in [0.1, 0.15) is 9.71 Å². The maximum absolute atomic E-state index is 13.1. The zero-order chi connectivity index (χ0) is 19.0. The summed E-state index contributed by atoms with van der Waals surface area (Å²) in [5.41, 5.74) is 7.54. The van der Waals surface area contributed by atoms with Gasteiger partial charge in [0.25, 0.3) is 5.91 Å². The van der Waals surface area contributed by atoms with Gasteiger partial charge >= 0.3 is 0 Å². The lowest BCUT2D eigenvalue weighted by Crippen LogP contribution is -2.41. The number of piperidine rings is 1. The van der Waals surface area contributed by atoms with Gasteiger partial charge in [-0.05, 0) is 44.2 Å². The first-order valence-corrected chi connectivity index (χ1v) is 10.6. The number of nitrogens with two attached hydrogens (primary N) is 1. The first kappa shape index (κ1) is 18.2. The Morgan fingerprint density at radius 3 is 2.67 bits per heavy atom. The topological polar surface area (TPSA) is 88.3 Å². The van der Waals surface area contributed by atoms with Crippen molar-refractivity contribution in [3.8, 4) is 0 Å². The molecule has 1 saturated heterocycles. The lowest BCUT2D eigenvalue weighted by Gasteiger charge is -2.37. The van der Waals surface area contributed by atoms with Crippen LogP contribution in [0.1, 0.15) is 66.4 Å². The van der Waals surface area contributed by atoms with Crippen LogP contribution in [0.15, 0.2) is 12.1 Å². The van der Waals surface area contributed by atoms with E-state index in [1.54, 1.807) is 7.05 Å². The van der Waals surface area contributed by atoms with Gasteiger partial charge in [0.15, 0.2) is 0 Å². The number of amides is 2. The van der Waals surface area contributed by atoms with Crippen LogP contribution in [0.3, 0.4) is 0 Å². The molecule has 0 spiro atoms. The number of hydrogen-bond acceptors (Lipinski definition) is 5. The molecule has 2 amide bonds. The van der Waals surface area contributed by atoms with Crippen molar-refractivity contribution in [1.82, 2.24) is 15.2 Å². The maximum Gasteiger partial charge on any atom is 0.263 e. The van der Waals surface area contributed by atoms with Gasteiger partial charge in [0.2, 0.25) is 5.91 Å². The molecule has 1 aliphatic heterocycles. The molecule has 0 bridgehead atoms. The Labute approximate surface area is 163 Å². The van der Waals surface area contributed by atoms with Gasteiger partial charge in [0, 0.05) is 24.9 Å². The lowest BCUT2D eigenvalue weighted by molar-refractivity contribution is -0.139. The van der Waals surface area contributed by atoms with Crippen molar-refractivity contribution in [3.05, 3.63) is 22.7 Å². The Hall–Kier alpha value is -2.15. The molecule has 1 atom stereocenters. The molecule has 3 heterocycles. The average molecular weight is 387 g/mol. The van der Waals surface area contributed by atoms with Gasteiger partial charge in [0.05, 0.1) is 17.4 Å². The molecule has 7 heteroatoms. The molecular weight excluding hydrogens is 360 g/mol. The van der Waals surface area contributed by atoms with E-state index in [1.807, 2.05) is 12.1 Å². The van der Waals surface area contributed by atoms with E-state index in [9.17, 15) is 9.59 Å². The minimum atomic E-state index is -0.187. The molecule has 144 valence electrons. The molecule has 1 saturated carbocycles. The fourth-order valence-electron chi connectivity index (χ4n) is 4.39. The number of pyridine rings is 1. The molecule has 4 rings (SSSR count). The highest BCUT2D eigenvalue weighted by Gasteiger charge is 2.34.